The summed E-state index contributed by atoms with van der Waals surface area (Å²) < 4.78 is 1.93. The zero-order valence-corrected chi connectivity index (χ0v) is 10.7. The van der Waals surface area contributed by atoms with Gasteiger partial charge in [0.05, 0.1) is 6.33 Å². The van der Waals surface area contributed by atoms with E-state index in [0.29, 0.717) is 19.4 Å². The fourth-order valence-corrected chi connectivity index (χ4v) is 1.88. The molecule has 1 aromatic heterocycles. The molecule has 0 aliphatic carbocycles. The van der Waals surface area contributed by atoms with Crippen molar-refractivity contribution in [1.29, 1.82) is 0 Å². The van der Waals surface area contributed by atoms with Gasteiger partial charge >= 0.3 is 0 Å². The minimum atomic E-state index is 0.271. The Labute approximate surface area is 107 Å². The number of Topliss-reactive ketones (excluding diaryl/α,β-unsaturated/α-hetero) is 1. The molecule has 0 aliphatic rings. The summed E-state index contributed by atoms with van der Waals surface area (Å²) in [7, 11) is 0. The molecule has 2 aromatic rings. The van der Waals surface area contributed by atoms with Crippen molar-refractivity contribution in [1.82, 2.24) is 9.55 Å². The quantitative estimate of drug-likeness (QED) is 0.780. The van der Waals surface area contributed by atoms with Crippen molar-refractivity contribution >= 4 is 5.78 Å². The van der Waals surface area contributed by atoms with E-state index in [1.165, 1.54) is 5.56 Å². The average molecular weight is 242 g/mol. The van der Waals surface area contributed by atoms with Gasteiger partial charge in [-0.25, -0.2) is 4.98 Å². The number of imidazole rings is 1. The SMILES string of the molecule is CCc1ccc(CC(=O)CCn2ccnc2)cc1. The predicted molar refractivity (Wildman–Crippen MR) is 71.4 cm³/mol. The van der Waals surface area contributed by atoms with Gasteiger partial charge in [0.25, 0.3) is 0 Å². The number of aromatic nitrogens is 2. The molecule has 0 aliphatic heterocycles. The van der Waals surface area contributed by atoms with Crippen LogP contribution in [0.3, 0.4) is 0 Å². The second kappa shape index (κ2) is 6.15. The molecule has 18 heavy (non-hydrogen) atoms. The van der Waals surface area contributed by atoms with Gasteiger partial charge in [0.15, 0.2) is 0 Å². The number of hydrogen-bond acceptors (Lipinski definition) is 2. The second-order valence-electron chi connectivity index (χ2n) is 4.44. The summed E-state index contributed by atoms with van der Waals surface area (Å²) >= 11 is 0. The Morgan fingerprint density at radius 1 is 1.22 bits per heavy atom. The Balaban J connectivity index is 1.83. The monoisotopic (exact) mass is 242 g/mol. The van der Waals surface area contributed by atoms with E-state index < -0.39 is 0 Å². The Kier molecular flexibility index (Phi) is 4.29. The van der Waals surface area contributed by atoms with Crippen LogP contribution in [0.25, 0.3) is 0 Å². The molecule has 2 rings (SSSR count). The highest BCUT2D eigenvalue weighted by molar-refractivity contribution is 5.80. The summed E-state index contributed by atoms with van der Waals surface area (Å²) in [5, 5.41) is 0. The molecule has 0 bridgehead atoms. The van der Waals surface area contributed by atoms with Crippen LogP contribution < -0.4 is 0 Å². The highest BCUT2D eigenvalue weighted by Crippen LogP contribution is 2.07. The molecule has 1 aromatic carbocycles. The molecule has 3 nitrogen and oxygen atoms in total. The zero-order valence-electron chi connectivity index (χ0n) is 10.7. The predicted octanol–water partition coefficient (Wildman–Crippen LogP) is 2.65. The molecule has 0 spiro atoms. The van der Waals surface area contributed by atoms with Gasteiger partial charge in [0, 0.05) is 31.8 Å². The van der Waals surface area contributed by atoms with Crippen molar-refractivity contribution in [2.24, 2.45) is 0 Å². The fourth-order valence-electron chi connectivity index (χ4n) is 1.88. The number of hydrogen-bond donors (Lipinski definition) is 0. The molecule has 0 saturated heterocycles. The Hall–Kier alpha value is -1.90. The lowest BCUT2D eigenvalue weighted by molar-refractivity contribution is -0.118. The number of benzene rings is 1. The molecule has 1 heterocycles. The van der Waals surface area contributed by atoms with E-state index in [1.54, 1.807) is 12.5 Å². The van der Waals surface area contributed by atoms with Gasteiger partial charge in [-0.1, -0.05) is 31.2 Å². The minimum absolute atomic E-state index is 0.271. The van der Waals surface area contributed by atoms with Gasteiger partial charge < -0.3 is 4.57 Å². The van der Waals surface area contributed by atoms with Crippen LogP contribution in [-0.4, -0.2) is 15.3 Å². The number of ketones is 1. The van der Waals surface area contributed by atoms with Gasteiger partial charge in [-0.3, -0.25) is 4.79 Å². The molecule has 94 valence electrons. The van der Waals surface area contributed by atoms with E-state index in [1.807, 2.05) is 22.9 Å². The van der Waals surface area contributed by atoms with E-state index in [-0.39, 0.29) is 5.78 Å². The summed E-state index contributed by atoms with van der Waals surface area (Å²) in [6.07, 6.45) is 7.47. The fraction of sp³-hybridized carbons (Fsp3) is 0.333. The first-order chi connectivity index (χ1) is 8.78. The summed E-state index contributed by atoms with van der Waals surface area (Å²) in [5.41, 5.74) is 2.41. The lowest BCUT2D eigenvalue weighted by atomic mass is 10.0. The third-order valence-corrected chi connectivity index (χ3v) is 3.04. The van der Waals surface area contributed by atoms with Crippen molar-refractivity contribution < 1.29 is 4.79 Å². The number of nitrogens with zero attached hydrogens (tertiary/aromatic N) is 2. The summed E-state index contributed by atoms with van der Waals surface area (Å²) in [5.74, 6) is 0.271. The third-order valence-electron chi connectivity index (χ3n) is 3.04. The van der Waals surface area contributed by atoms with Crippen molar-refractivity contribution in [3.8, 4) is 0 Å². The molecular formula is C15H18N2O. The normalized spacial score (nSPS) is 10.5. The van der Waals surface area contributed by atoms with E-state index >= 15 is 0 Å². The Morgan fingerprint density at radius 2 is 1.94 bits per heavy atom. The lowest BCUT2D eigenvalue weighted by Crippen LogP contribution is -2.07. The number of rotatable bonds is 6. The zero-order chi connectivity index (χ0) is 12.8. The topological polar surface area (TPSA) is 34.9 Å². The standard InChI is InChI=1S/C15H18N2O/c1-2-13-3-5-14(6-4-13)11-15(18)7-9-17-10-8-16-12-17/h3-6,8,10,12H,2,7,9,11H2,1H3. The molecule has 0 unspecified atom stereocenters. The molecule has 0 radical (unpaired) electrons. The molecule has 3 heteroatoms. The van der Waals surface area contributed by atoms with Crippen LogP contribution in [0.15, 0.2) is 43.0 Å². The average Bonchev–Trinajstić information content (AvgIpc) is 2.90. The maximum atomic E-state index is 11.8. The van der Waals surface area contributed by atoms with Crippen molar-refractivity contribution in [3.05, 3.63) is 54.1 Å². The molecule has 0 N–H and O–H groups in total. The maximum Gasteiger partial charge on any atom is 0.139 e. The van der Waals surface area contributed by atoms with Gasteiger partial charge in [0.1, 0.15) is 5.78 Å². The van der Waals surface area contributed by atoms with Gasteiger partial charge in [-0.15, -0.1) is 0 Å². The lowest BCUT2D eigenvalue weighted by Gasteiger charge is -2.03. The summed E-state index contributed by atoms with van der Waals surface area (Å²) in [6.45, 7) is 2.84. The second-order valence-corrected chi connectivity index (χ2v) is 4.44. The first kappa shape index (κ1) is 12.6. The summed E-state index contributed by atoms with van der Waals surface area (Å²) in [4.78, 5) is 15.8. The third kappa shape index (κ3) is 3.55. The molecule has 0 atom stereocenters. The molecule has 0 fully saturated rings. The van der Waals surface area contributed by atoms with Crippen LogP contribution in [0.4, 0.5) is 0 Å². The van der Waals surface area contributed by atoms with Crippen molar-refractivity contribution in [2.75, 3.05) is 0 Å². The Morgan fingerprint density at radius 3 is 2.56 bits per heavy atom. The first-order valence-corrected chi connectivity index (χ1v) is 6.33. The smallest absolute Gasteiger partial charge is 0.139 e. The van der Waals surface area contributed by atoms with Gasteiger partial charge in [0.2, 0.25) is 0 Å². The minimum Gasteiger partial charge on any atom is -0.337 e. The van der Waals surface area contributed by atoms with E-state index in [4.69, 9.17) is 0 Å². The Bertz CT molecular complexity index is 486. The number of carbonyl (C=O) groups excluding carboxylic acids is 1. The van der Waals surface area contributed by atoms with E-state index in [9.17, 15) is 4.79 Å². The molecule has 0 saturated carbocycles. The van der Waals surface area contributed by atoms with Crippen molar-refractivity contribution in [3.63, 3.8) is 0 Å². The van der Waals surface area contributed by atoms with Crippen LogP contribution in [0.1, 0.15) is 24.5 Å². The van der Waals surface area contributed by atoms with Crippen LogP contribution in [-0.2, 0) is 24.2 Å². The van der Waals surface area contributed by atoms with E-state index in [2.05, 4.69) is 24.0 Å². The van der Waals surface area contributed by atoms with E-state index in [0.717, 1.165) is 12.0 Å². The maximum absolute atomic E-state index is 11.8. The summed E-state index contributed by atoms with van der Waals surface area (Å²) in [6, 6.07) is 8.29. The van der Waals surface area contributed by atoms with Crippen LogP contribution in [0, 0.1) is 0 Å². The number of aryl methyl sites for hydroxylation is 2. The first-order valence-electron chi connectivity index (χ1n) is 6.33. The van der Waals surface area contributed by atoms with Gasteiger partial charge in [-0.2, -0.15) is 0 Å². The largest absolute Gasteiger partial charge is 0.337 e. The highest BCUT2D eigenvalue weighted by atomic mass is 16.1. The van der Waals surface area contributed by atoms with Crippen molar-refractivity contribution in [2.45, 2.75) is 32.7 Å². The molecular weight excluding hydrogens is 224 g/mol. The van der Waals surface area contributed by atoms with Crippen LogP contribution >= 0.6 is 0 Å². The number of carbonyl (C=O) groups is 1. The van der Waals surface area contributed by atoms with Gasteiger partial charge in [-0.05, 0) is 17.5 Å². The highest BCUT2D eigenvalue weighted by Gasteiger charge is 2.04. The molecule has 0 amide bonds. The van der Waals surface area contributed by atoms with Crippen LogP contribution in [0.5, 0.6) is 0 Å². The van der Waals surface area contributed by atoms with Crippen LogP contribution in [0.2, 0.25) is 0 Å².